The third-order valence-corrected chi connectivity index (χ3v) is 4.89. The van der Waals surface area contributed by atoms with Gasteiger partial charge in [0.25, 0.3) is 0 Å². The molecule has 1 saturated heterocycles. The zero-order valence-corrected chi connectivity index (χ0v) is 15.8. The molecule has 0 unspecified atom stereocenters. The fraction of sp³-hybridized carbons (Fsp3) is 0.562. The van der Waals surface area contributed by atoms with Crippen LogP contribution in [-0.2, 0) is 4.74 Å². The normalized spacial score (nSPS) is 22.4. The van der Waals surface area contributed by atoms with Gasteiger partial charge in [0.1, 0.15) is 5.60 Å². The predicted octanol–water partition coefficient (Wildman–Crippen LogP) is 4.79. The standard InChI is InChI=1S/C16H21Br2NO2/c1-16(2,3)21-15(20)19-9-12(8-17)14(10-19)11-5-4-6-13(18)7-11/h4-7,12,14H,8-10H2,1-3H3/t12-,14+/m0/s1. The number of hydrogen-bond acceptors (Lipinski definition) is 2. The highest BCUT2D eigenvalue weighted by molar-refractivity contribution is 9.10. The molecule has 3 nitrogen and oxygen atoms in total. The molecular formula is C16H21Br2NO2. The van der Waals surface area contributed by atoms with E-state index in [-0.39, 0.29) is 6.09 Å². The van der Waals surface area contributed by atoms with Crippen LogP contribution in [0.1, 0.15) is 32.3 Å². The van der Waals surface area contributed by atoms with E-state index in [9.17, 15) is 4.79 Å². The van der Waals surface area contributed by atoms with E-state index < -0.39 is 5.60 Å². The third kappa shape index (κ3) is 4.46. The Bertz CT molecular complexity index is 513. The van der Waals surface area contributed by atoms with Gasteiger partial charge in [-0.05, 0) is 44.4 Å². The Morgan fingerprint density at radius 1 is 1.38 bits per heavy atom. The van der Waals surface area contributed by atoms with Gasteiger partial charge in [-0.25, -0.2) is 4.79 Å². The van der Waals surface area contributed by atoms with Crippen LogP contribution >= 0.6 is 31.9 Å². The van der Waals surface area contributed by atoms with Crippen molar-refractivity contribution in [3.05, 3.63) is 34.3 Å². The summed E-state index contributed by atoms with van der Waals surface area (Å²) in [5.74, 6) is 0.751. The van der Waals surface area contributed by atoms with Gasteiger partial charge < -0.3 is 9.64 Å². The fourth-order valence-electron chi connectivity index (χ4n) is 2.62. The third-order valence-electron chi connectivity index (χ3n) is 3.57. The van der Waals surface area contributed by atoms with Crippen LogP contribution < -0.4 is 0 Å². The molecule has 21 heavy (non-hydrogen) atoms. The van der Waals surface area contributed by atoms with E-state index in [1.165, 1.54) is 5.56 Å². The van der Waals surface area contributed by atoms with Crippen molar-refractivity contribution in [3.8, 4) is 0 Å². The van der Waals surface area contributed by atoms with Gasteiger partial charge in [0.05, 0.1) is 0 Å². The first kappa shape index (κ1) is 16.8. The van der Waals surface area contributed by atoms with Crippen LogP contribution in [0.15, 0.2) is 28.7 Å². The molecule has 116 valence electrons. The predicted molar refractivity (Wildman–Crippen MR) is 92.0 cm³/mol. The molecule has 2 rings (SSSR count). The van der Waals surface area contributed by atoms with Gasteiger partial charge in [-0.15, -0.1) is 0 Å². The lowest BCUT2D eigenvalue weighted by molar-refractivity contribution is 0.0288. The Kier molecular flexibility index (Phi) is 5.36. The van der Waals surface area contributed by atoms with E-state index in [1.54, 1.807) is 0 Å². The largest absolute Gasteiger partial charge is 0.444 e. The number of alkyl halides is 1. The monoisotopic (exact) mass is 417 g/mol. The maximum absolute atomic E-state index is 12.2. The minimum Gasteiger partial charge on any atom is -0.444 e. The van der Waals surface area contributed by atoms with Gasteiger partial charge in [0.15, 0.2) is 0 Å². The molecule has 1 heterocycles. The fourth-order valence-corrected chi connectivity index (χ4v) is 3.69. The Morgan fingerprint density at radius 3 is 2.67 bits per heavy atom. The zero-order valence-electron chi connectivity index (χ0n) is 12.6. The number of nitrogens with zero attached hydrogens (tertiary/aromatic N) is 1. The summed E-state index contributed by atoms with van der Waals surface area (Å²) in [4.78, 5) is 14.1. The second-order valence-electron chi connectivity index (χ2n) is 6.46. The molecule has 1 fully saturated rings. The number of likely N-dealkylation sites (tertiary alicyclic amines) is 1. The first-order chi connectivity index (χ1) is 9.80. The van der Waals surface area contributed by atoms with E-state index >= 15 is 0 Å². The molecule has 5 heteroatoms. The Morgan fingerprint density at radius 2 is 2.10 bits per heavy atom. The van der Waals surface area contributed by atoms with Crippen LogP contribution in [0.4, 0.5) is 4.79 Å². The van der Waals surface area contributed by atoms with Crippen molar-refractivity contribution in [3.63, 3.8) is 0 Å². The van der Waals surface area contributed by atoms with E-state index in [1.807, 2.05) is 37.8 Å². The maximum Gasteiger partial charge on any atom is 0.410 e. The Balaban J connectivity index is 2.12. The smallest absolute Gasteiger partial charge is 0.410 e. The molecule has 0 spiro atoms. The lowest BCUT2D eigenvalue weighted by Crippen LogP contribution is -2.35. The number of amides is 1. The highest BCUT2D eigenvalue weighted by Gasteiger charge is 2.37. The molecular weight excluding hydrogens is 398 g/mol. The van der Waals surface area contributed by atoms with Gasteiger partial charge in [0, 0.05) is 28.8 Å². The number of rotatable bonds is 2. The van der Waals surface area contributed by atoms with Crippen LogP contribution in [0.25, 0.3) is 0 Å². The lowest BCUT2D eigenvalue weighted by Gasteiger charge is -2.24. The minimum atomic E-state index is -0.450. The van der Waals surface area contributed by atoms with E-state index in [0.717, 1.165) is 16.3 Å². The second kappa shape index (κ2) is 6.69. The molecule has 0 N–H and O–H groups in total. The van der Waals surface area contributed by atoms with Gasteiger partial charge in [0.2, 0.25) is 0 Å². The highest BCUT2D eigenvalue weighted by atomic mass is 79.9. The van der Waals surface area contributed by atoms with Crippen LogP contribution in [0.5, 0.6) is 0 Å². The average Bonchev–Trinajstić information content (AvgIpc) is 2.81. The number of halogens is 2. The molecule has 1 aliphatic rings. The summed E-state index contributed by atoms with van der Waals surface area (Å²) < 4.78 is 6.56. The minimum absolute atomic E-state index is 0.217. The molecule has 0 radical (unpaired) electrons. The molecule has 0 bridgehead atoms. The molecule has 1 aromatic carbocycles. The molecule has 0 aromatic heterocycles. The number of carbonyl (C=O) groups excluding carboxylic acids is 1. The summed E-state index contributed by atoms with van der Waals surface area (Å²) in [6, 6.07) is 8.33. The summed E-state index contributed by atoms with van der Waals surface area (Å²) in [5.41, 5.74) is 0.814. The van der Waals surface area contributed by atoms with E-state index in [0.29, 0.717) is 18.4 Å². The zero-order chi connectivity index (χ0) is 15.6. The SMILES string of the molecule is CC(C)(C)OC(=O)N1C[C@H](CBr)[C@@H](c2cccc(Br)c2)C1. The first-order valence-electron chi connectivity index (χ1n) is 7.09. The molecule has 2 atom stereocenters. The number of ether oxygens (including phenoxy) is 1. The van der Waals surface area contributed by atoms with Crippen LogP contribution in [-0.4, -0.2) is 35.0 Å². The van der Waals surface area contributed by atoms with E-state index in [4.69, 9.17) is 4.74 Å². The maximum atomic E-state index is 12.2. The first-order valence-corrected chi connectivity index (χ1v) is 9.01. The van der Waals surface area contributed by atoms with Gasteiger partial charge in [-0.3, -0.25) is 0 Å². The van der Waals surface area contributed by atoms with Crippen LogP contribution in [0.3, 0.4) is 0 Å². The highest BCUT2D eigenvalue weighted by Crippen LogP contribution is 2.35. The molecule has 1 aliphatic heterocycles. The Labute approximate surface area is 143 Å². The Hall–Kier alpha value is -0.550. The summed E-state index contributed by atoms with van der Waals surface area (Å²) in [7, 11) is 0. The van der Waals surface area contributed by atoms with Crippen molar-refractivity contribution in [2.24, 2.45) is 5.92 Å². The van der Waals surface area contributed by atoms with E-state index in [2.05, 4.69) is 44.0 Å². The van der Waals surface area contributed by atoms with Gasteiger partial charge in [-0.2, -0.15) is 0 Å². The summed E-state index contributed by atoms with van der Waals surface area (Å²) in [6.45, 7) is 7.14. The summed E-state index contributed by atoms with van der Waals surface area (Å²) >= 11 is 7.10. The summed E-state index contributed by atoms with van der Waals surface area (Å²) in [5, 5.41) is 0.878. The topological polar surface area (TPSA) is 29.5 Å². The van der Waals surface area contributed by atoms with Crippen molar-refractivity contribution in [1.82, 2.24) is 4.90 Å². The molecule has 0 aliphatic carbocycles. The molecule has 1 aromatic rings. The summed E-state index contributed by atoms with van der Waals surface area (Å²) in [6.07, 6.45) is -0.217. The van der Waals surface area contributed by atoms with Gasteiger partial charge in [-0.1, -0.05) is 44.0 Å². The number of hydrogen-bond donors (Lipinski definition) is 0. The quantitative estimate of drug-likeness (QED) is 0.646. The van der Waals surface area contributed by atoms with Crippen molar-refractivity contribution >= 4 is 38.0 Å². The number of benzene rings is 1. The number of carbonyl (C=O) groups is 1. The van der Waals surface area contributed by atoms with Crippen molar-refractivity contribution in [2.45, 2.75) is 32.3 Å². The van der Waals surface area contributed by atoms with Crippen molar-refractivity contribution in [1.29, 1.82) is 0 Å². The van der Waals surface area contributed by atoms with Gasteiger partial charge >= 0.3 is 6.09 Å². The lowest BCUT2D eigenvalue weighted by atomic mass is 9.90. The molecule has 1 amide bonds. The van der Waals surface area contributed by atoms with Crippen molar-refractivity contribution in [2.75, 3.05) is 18.4 Å². The molecule has 0 saturated carbocycles. The van der Waals surface area contributed by atoms with Crippen molar-refractivity contribution < 1.29 is 9.53 Å². The average molecular weight is 419 g/mol. The van der Waals surface area contributed by atoms with Crippen LogP contribution in [0, 0.1) is 5.92 Å². The van der Waals surface area contributed by atoms with Crippen LogP contribution in [0.2, 0.25) is 0 Å². The second-order valence-corrected chi connectivity index (χ2v) is 8.02.